The van der Waals surface area contributed by atoms with Crippen molar-refractivity contribution in [2.24, 2.45) is 17.8 Å². The molecule has 10 unspecified atom stereocenters. The van der Waals surface area contributed by atoms with Crippen LogP contribution >= 0.6 is 0 Å². The van der Waals surface area contributed by atoms with Gasteiger partial charge in [-0.2, -0.15) is 0 Å². The molecule has 40 heavy (non-hydrogen) atoms. The number of nitrogens with zero attached hydrogens (tertiary/aromatic N) is 3. The van der Waals surface area contributed by atoms with Crippen LogP contribution in [0.2, 0.25) is 5.82 Å². The third-order valence-corrected chi connectivity index (χ3v) is 12.6. The monoisotopic (exact) mass is 529 g/mol. The summed E-state index contributed by atoms with van der Waals surface area (Å²) in [5.41, 5.74) is 5.57. The quantitative estimate of drug-likeness (QED) is 0.363. The number of rotatable bonds is 0. The number of hydrogen-bond acceptors (Lipinski definition) is 4. The molecule has 0 radical (unpaired) electrons. The Morgan fingerprint density at radius 2 is 1.75 bits per heavy atom. The molecule has 202 valence electrons. The molecule has 5 nitrogen and oxygen atoms in total. The molecule has 3 aliphatic carbocycles. The summed E-state index contributed by atoms with van der Waals surface area (Å²) in [6, 6.07) is 17.5. The zero-order valence-corrected chi connectivity index (χ0v) is 22.9. The molecule has 8 aliphatic rings. The summed E-state index contributed by atoms with van der Waals surface area (Å²) in [6.07, 6.45) is 18.4. The van der Waals surface area contributed by atoms with Crippen molar-refractivity contribution in [3.8, 4) is 16.9 Å². The number of hydrazine groups is 1. The second-order valence-electron chi connectivity index (χ2n) is 14.1. The summed E-state index contributed by atoms with van der Waals surface area (Å²) in [5, 5.41) is 7.02. The second-order valence-corrected chi connectivity index (χ2v) is 14.1. The number of benzene rings is 2. The lowest BCUT2D eigenvalue weighted by Crippen LogP contribution is -2.78. The zero-order chi connectivity index (χ0) is 25.7. The molecule has 1 aromatic heterocycles. The van der Waals surface area contributed by atoms with Crippen LogP contribution < -0.4 is 10.2 Å². The molecule has 6 heterocycles. The van der Waals surface area contributed by atoms with E-state index in [4.69, 9.17) is 9.47 Å². The van der Waals surface area contributed by atoms with Crippen molar-refractivity contribution >= 4 is 23.2 Å². The molecular weight excluding hydrogens is 493 g/mol. The van der Waals surface area contributed by atoms with Crippen LogP contribution in [-0.2, 0) is 4.74 Å². The summed E-state index contributed by atoms with van der Waals surface area (Å²) in [6.45, 7) is 0.318. The lowest BCUT2D eigenvalue weighted by molar-refractivity contribution is -0.299. The van der Waals surface area contributed by atoms with Crippen molar-refractivity contribution in [3.05, 3.63) is 60.9 Å². The van der Waals surface area contributed by atoms with Crippen LogP contribution in [-0.4, -0.2) is 57.8 Å². The molecule has 0 spiro atoms. The fraction of sp³-hybridized carbons (Fsp3) is 0.529. The summed E-state index contributed by atoms with van der Waals surface area (Å²) in [4.78, 5) is 0. The molecule has 3 aromatic rings. The first-order chi connectivity index (χ1) is 19.8. The average Bonchev–Trinajstić information content (AvgIpc) is 3.63. The number of morpholine rings is 1. The molecule has 5 fully saturated rings. The predicted molar refractivity (Wildman–Crippen MR) is 157 cm³/mol. The maximum absolute atomic E-state index is 7.34. The third-order valence-electron chi connectivity index (χ3n) is 12.6. The van der Waals surface area contributed by atoms with Gasteiger partial charge in [-0.05, 0) is 78.7 Å². The lowest BCUT2D eigenvalue weighted by atomic mass is 9.37. The average molecular weight is 529 g/mol. The van der Waals surface area contributed by atoms with Gasteiger partial charge in [0.05, 0.1) is 24.2 Å². The summed E-state index contributed by atoms with van der Waals surface area (Å²) < 4.78 is 17.2. The molecule has 10 atom stereocenters. The van der Waals surface area contributed by atoms with Crippen molar-refractivity contribution in [2.75, 3.05) is 0 Å². The Kier molecular flexibility index (Phi) is 4.16. The van der Waals surface area contributed by atoms with Gasteiger partial charge in [-0.15, -0.1) is 0 Å². The fourth-order valence-electron chi connectivity index (χ4n) is 11.4. The summed E-state index contributed by atoms with van der Waals surface area (Å²) in [5.74, 6) is 3.65. The zero-order valence-electron chi connectivity index (χ0n) is 22.9. The molecule has 0 N–H and O–H groups in total. The van der Waals surface area contributed by atoms with Gasteiger partial charge >= 0.3 is 6.85 Å². The first-order valence-electron chi connectivity index (χ1n) is 16.1. The Bertz CT molecular complexity index is 1600. The minimum Gasteiger partial charge on any atom is -0.488 e. The van der Waals surface area contributed by atoms with Crippen LogP contribution in [0.4, 0.5) is 0 Å². The topological polar surface area (TPSA) is 29.9 Å². The molecule has 0 amide bonds. The standard InChI is InChI=1S/C34H36BN3O2/c1-2-12-27-26(11-1)38-32-24(23-10-4-7-20-15-17-37(38)31(20)23)18-25-33(34(32)39-27)40-28-13-5-8-21-22-9-3-6-19-14-16-36(30(19)22)35(25)29(21)28/h3,5-6,8-9,13-17,20,23-27,31-34H,1-2,4,7,10-12,18H2. The van der Waals surface area contributed by atoms with E-state index in [0.29, 0.717) is 42.8 Å². The van der Waals surface area contributed by atoms with Gasteiger partial charge < -0.3 is 19.0 Å². The Morgan fingerprint density at radius 1 is 0.825 bits per heavy atom. The first-order valence-corrected chi connectivity index (χ1v) is 16.1. The highest BCUT2D eigenvalue weighted by atomic mass is 16.6. The van der Waals surface area contributed by atoms with Crippen LogP contribution in [0.5, 0.6) is 5.75 Å². The number of ether oxygens (including phenoxy) is 2. The van der Waals surface area contributed by atoms with Gasteiger partial charge in [0.2, 0.25) is 0 Å². The van der Waals surface area contributed by atoms with Gasteiger partial charge in [-0.1, -0.05) is 55.7 Å². The van der Waals surface area contributed by atoms with E-state index < -0.39 is 0 Å². The normalized spacial score (nSPS) is 41.5. The molecule has 11 rings (SSSR count). The maximum atomic E-state index is 7.34. The van der Waals surface area contributed by atoms with Crippen molar-refractivity contribution in [3.63, 3.8) is 0 Å². The van der Waals surface area contributed by atoms with Crippen LogP contribution in [0.25, 0.3) is 22.0 Å². The lowest BCUT2D eigenvalue weighted by Gasteiger charge is -2.67. The van der Waals surface area contributed by atoms with E-state index in [1.807, 2.05) is 0 Å². The van der Waals surface area contributed by atoms with E-state index in [9.17, 15) is 0 Å². The first kappa shape index (κ1) is 22.0. The molecule has 2 saturated heterocycles. The van der Waals surface area contributed by atoms with E-state index in [2.05, 4.69) is 75.4 Å². The van der Waals surface area contributed by atoms with Crippen molar-refractivity contribution < 1.29 is 9.47 Å². The van der Waals surface area contributed by atoms with Gasteiger partial charge in [0.1, 0.15) is 18.0 Å². The van der Waals surface area contributed by atoms with Crippen LogP contribution in [0.3, 0.4) is 0 Å². The number of hydrogen-bond donors (Lipinski definition) is 0. The Morgan fingerprint density at radius 3 is 2.75 bits per heavy atom. The van der Waals surface area contributed by atoms with Crippen molar-refractivity contribution in [1.29, 1.82) is 0 Å². The number of aromatic nitrogens is 1. The molecule has 0 bridgehead atoms. The smallest absolute Gasteiger partial charge is 0.304 e. The number of para-hydroxylation sites is 1. The maximum Gasteiger partial charge on any atom is 0.304 e. The van der Waals surface area contributed by atoms with Gasteiger partial charge in [0.25, 0.3) is 0 Å². The van der Waals surface area contributed by atoms with Crippen LogP contribution in [0.15, 0.2) is 60.9 Å². The minimum atomic E-state index is 0.0876. The second kappa shape index (κ2) is 7.57. The Balaban J connectivity index is 1.11. The van der Waals surface area contributed by atoms with Crippen LogP contribution in [0.1, 0.15) is 51.4 Å². The highest BCUT2D eigenvalue weighted by molar-refractivity contribution is 6.77. The minimum absolute atomic E-state index is 0.0876. The highest BCUT2D eigenvalue weighted by Gasteiger charge is 2.66. The SMILES string of the molecule is C1=CN2C3C1CCCC3C1CC3B4c5c(cccc5-c5cccc6ccn4c56)OC3C3OC4CCCCC4N2C13. The Hall–Kier alpha value is -2.70. The largest absolute Gasteiger partial charge is 0.488 e. The summed E-state index contributed by atoms with van der Waals surface area (Å²) >= 11 is 0. The van der Waals surface area contributed by atoms with Crippen LogP contribution in [0, 0.1) is 17.8 Å². The fourth-order valence-corrected chi connectivity index (χ4v) is 11.4. The van der Waals surface area contributed by atoms with E-state index in [1.165, 1.54) is 78.9 Å². The summed E-state index contributed by atoms with van der Waals surface area (Å²) in [7, 11) is 0. The predicted octanol–water partition coefficient (Wildman–Crippen LogP) is 5.44. The molecular formula is C34H36BN3O2. The van der Waals surface area contributed by atoms with E-state index in [0.717, 1.165) is 17.6 Å². The third kappa shape index (κ3) is 2.52. The highest BCUT2D eigenvalue weighted by Crippen LogP contribution is 2.59. The van der Waals surface area contributed by atoms with E-state index >= 15 is 0 Å². The molecule has 5 aliphatic heterocycles. The van der Waals surface area contributed by atoms with E-state index in [1.54, 1.807) is 0 Å². The van der Waals surface area contributed by atoms with Crippen molar-refractivity contribution in [1.82, 2.24) is 14.5 Å². The van der Waals surface area contributed by atoms with Gasteiger partial charge in [-0.25, -0.2) is 5.01 Å². The van der Waals surface area contributed by atoms with E-state index in [-0.39, 0.29) is 12.2 Å². The molecule has 3 saturated carbocycles. The van der Waals surface area contributed by atoms with Gasteiger partial charge in [0.15, 0.2) is 0 Å². The Labute approximate surface area is 236 Å². The number of fused-ring (bicyclic) bond motifs is 9. The van der Waals surface area contributed by atoms with Gasteiger partial charge in [0, 0.05) is 29.0 Å². The van der Waals surface area contributed by atoms with Gasteiger partial charge in [-0.3, -0.25) is 0 Å². The van der Waals surface area contributed by atoms with Crippen molar-refractivity contribution in [2.45, 2.75) is 93.6 Å². The molecule has 6 heteroatoms. The molecule has 2 aromatic carbocycles.